The van der Waals surface area contributed by atoms with Gasteiger partial charge in [-0.15, -0.1) is 0 Å². The highest BCUT2D eigenvalue weighted by atomic mass is 16.3. The highest BCUT2D eigenvalue weighted by molar-refractivity contribution is 4.92. The van der Waals surface area contributed by atoms with Gasteiger partial charge in [0.15, 0.2) is 0 Å². The predicted molar refractivity (Wildman–Crippen MR) is 72.9 cm³/mol. The first-order chi connectivity index (χ1) is 8.14. The molecule has 2 aliphatic rings. The number of rotatable bonds is 3. The van der Waals surface area contributed by atoms with Crippen LogP contribution in [0.1, 0.15) is 78.1 Å². The third kappa shape index (κ3) is 3.24. The molecule has 0 bridgehead atoms. The van der Waals surface area contributed by atoms with Gasteiger partial charge in [-0.3, -0.25) is 0 Å². The van der Waals surface area contributed by atoms with Gasteiger partial charge < -0.3 is 5.11 Å². The van der Waals surface area contributed by atoms with Gasteiger partial charge in [-0.1, -0.05) is 39.5 Å². The summed E-state index contributed by atoms with van der Waals surface area (Å²) in [6, 6.07) is 0. The van der Waals surface area contributed by atoms with Gasteiger partial charge in [0.25, 0.3) is 0 Å². The molecule has 2 aliphatic carbocycles. The molecule has 0 unspecified atom stereocenters. The zero-order chi connectivity index (χ0) is 12.3. The van der Waals surface area contributed by atoms with Gasteiger partial charge in [0, 0.05) is 0 Å². The summed E-state index contributed by atoms with van der Waals surface area (Å²) in [5, 5.41) is 10.9. The Bertz CT molecular complexity index is 220. The highest BCUT2D eigenvalue weighted by Crippen LogP contribution is 2.44. The minimum atomic E-state index is -0.287. The first kappa shape index (κ1) is 13.4. The van der Waals surface area contributed by atoms with E-state index in [2.05, 4.69) is 13.8 Å². The maximum absolute atomic E-state index is 10.9. The van der Waals surface area contributed by atoms with Crippen LogP contribution in [0.4, 0.5) is 0 Å². The fraction of sp³-hybridized carbons (Fsp3) is 1.00. The first-order valence-electron chi connectivity index (χ1n) is 7.86. The summed E-state index contributed by atoms with van der Waals surface area (Å²) >= 11 is 0. The van der Waals surface area contributed by atoms with E-state index in [0.29, 0.717) is 5.92 Å². The number of hydrogen-bond acceptors (Lipinski definition) is 1. The maximum atomic E-state index is 10.9. The summed E-state index contributed by atoms with van der Waals surface area (Å²) in [5.74, 6) is 2.41. The van der Waals surface area contributed by atoms with E-state index in [1.165, 1.54) is 51.4 Å². The third-order valence-electron chi connectivity index (χ3n) is 5.44. The van der Waals surface area contributed by atoms with E-state index < -0.39 is 0 Å². The Hall–Kier alpha value is -0.0400. The molecule has 0 heterocycles. The second-order valence-corrected chi connectivity index (χ2v) is 6.79. The Morgan fingerprint density at radius 2 is 1.59 bits per heavy atom. The second-order valence-electron chi connectivity index (χ2n) is 6.79. The molecule has 0 aromatic carbocycles. The van der Waals surface area contributed by atoms with Crippen molar-refractivity contribution >= 4 is 0 Å². The van der Waals surface area contributed by atoms with E-state index in [-0.39, 0.29) is 5.60 Å². The Kier molecular flexibility index (Phi) is 4.52. The lowest BCUT2D eigenvalue weighted by Gasteiger charge is -2.44. The van der Waals surface area contributed by atoms with Crippen molar-refractivity contribution in [2.45, 2.75) is 83.7 Å². The fourth-order valence-corrected chi connectivity index (χ4v) is 4.08. The van der Waals surface area contributed by atoms with Crippen LogP contribution in [-0.4, -0.2) is 10.7 Å². The second kappa shape index (κ2) is 5.73. The summed E-state index contributed by atoms with van der Waals surface area (Å²) < 4.78 is 0. The van der Waals surface area contributed by atoms with Gasteiger partial charge in [0.1, 0.15) is 0 Å². The molecule has 0 saturated heterocycles. The monoisotopic (exact) mass is 238 g/mol. The highest BCUT2D eigenvalue weighted by Gasteiger charge is 2.40. The Morgan fingerprint density at radius 3 is 2.12 bits per heavy atom. The topological polar surface area (TPSA) is 20.2 Å². The van der Waals surface area contributed by atoms with Crippen LogP contribution < -0.4 is 0 Å². The maximum Gasteiger partial charge on any atom is 0.0676 e. The molecule has 2 saturated carbocycles. The van der Waals surface area contributed by atoms with Crippen molar-refractivity contribution in [3.63, 3.8) is 0 Å². The summed E-state index contributed by atoms with van der Waals surface area (Å²) in [4.78, 5) is 0. The first-order valence-corrected chi connectivity index (χ1v) is 7.86. The smallest absolute Gasteiger partial charge is 0.0676 e. The van der Waals surface area contributed by atoms with Crippen LogP contribution in [0.2, 0.25) is 0 Å². The van der Waals surface area contributed by atoms with Crippen LogP contribution in [0.15, 0.2) is 0 Å². The molecule has 0 radical (unpaired) electrons. The summed E-state index contributed by atoms with van der Waals surface area (Å²) in [6.45, 7) is 4.64. The van der Waals surface area contributed by atoms with Crippen LogP contribution in [-0.2, 0) is 0 Å². The van der Waals surface area contributed by atoms with E-state index in [1.54, 1.807) is 0 Å². The minimum Gasteiger partial charge on any atom is -0.390 e. The molecule has 100 valence electrons. The molecule has 2 fully saturated rings. The standard InChI is InChI=1S/C16H30O/c1-3-4-14-9-11-16(17,12-10-14)15-7-5-13(2)6-8-15/h13-15,17H,3-12H2,1-2H3. The van der Waals surface area contributed by atoms with Crippen molar-refractivity contribution in [3.8, 4) is 0 Å². The van der Waals surface area contributed by atoms with Crippen molar-refractivity contribution in [1.82, 2.24) is 0 Å². The SMILES string of the molecule is CCCC1CCC(O)(C2CCC(C)CC2)CC1. The van der Waals surface area contributed by atoms with Crippen LogP contribution in [0.3, 0.4) is 0 Å². The van der Waals surface area contributed by atoms with E-state index in [1.807, 2.05) is 0 Å². The lowest BCUT2D eigenvalue weighted by molar-refractivity contribution is -0.0742. The number of hydrogen-bond donors (Lipinski definition) is 1. The lowest BCUT2D eigenvalue weighted by Crippen LogP contribution is -2.43. The summed E-state index contributed by atoms with van der Waals surface area (Å²) in [5.41, 5.74) is -0.287. The number of aliphatic hydroxyl groups is 1. The zero-order valence-electron chi connectivity index (χ0n) is 11.8. The molecule has 0 aromatic heterocycles. The van der Waals surface area contributed by atoms with Crippen LogP contribution in [0.5, 0.6) is 0 Å². The molecule has 17 heavy (non-hydrogen) atoms. The van der Waals surface area contributed by atoms with Crippen molar-refractivity contribution in [1.29, 1.82) is 0 Å². The quantitative estimate of drug-likeness (QED) is 0.765. The predicted octanol–water partition coefficient (Wildman–Crippen LogP) is 4.53. The van der Waals surface area contributed by atoms with E-state index >= 15 is 0 Å². The molecule has 2 rings (SSSR count). The zero-order valence-corrected chi connectivity index (χ0v) is 11.8. The molecule has 0 atom stereocenters. The summed E-state index contributed by atoms with van der Waals surface area (Å²) in [6.07, 6.45) is 12.6. The van der Waals surface area contributed by atoms with Crippen molar-refractivity contribution in [2.24, 2.45) is 17.8 Å². The molecule has 0 aromatic rings. The van der Waals surface area contributed by atoms with Crippen molar-refractivity contribution in [2.75, 3.05) is 0 Å². The van der Waals surface area contributed by atoms with Gasteiger partial charge in [-0.25, -0.2) is 0 Å². The lowest BCUT2D eigenvalue weighted by atomic mass is 9.66. The van der Waals surface area contributed by atoms with E-state index in [4.69, 9.17) is 0 Å². The van der Waals surface area contributed by atoms with Crippen LogP contribution >= 0.6 is 0 Å². The molecule has 1 nitrogen and oxygen atoms in total. The Labute approximate surface area is 107 Å². The van der Waals surface area contributed by atoms with Gasteiger partial charge in [-0.05, 0) is 56.3 Å². The molecule has 0 amide bonds. The Morgan fingerprint density at radius 1 is 1.00 bits per heavy atom. The molecule has 0 spiro atoms. The normalized spacial score (nSPS) is 43.6. The van der Waals surface area contributed by atoms with E-state index in [0.717, 1.165) is 24.7 Å². The molecule has 0 aliphatic heterocycles. The average molecular weight is 238 g/mol. The molecular weight excluding hydrogens is 208 g/mol. The average Bonchev–Trinajstić information content (AvgIpc) is 2.33. The summed E-state index contributed by atoms with van der Waals surface area (Å²) in [7, 11) is 0. The minimum absolute atomic E-state index is 0.287. The van der Waals surface area contributed by atoms with Gasteiger partial charge in [-0.2, -0.15) is 0 Å². The van der Waals surface area contributed by atoms with Crippen LogP contribution in [0.25, 0.3) is 0 Å². The van der Waals surface area contributed by atoms with E-state index in [9.17, 15) is 5.11 Å². The third-order valence-corrected chi connectivity index (χ3v) is 5.44. The fourth-order valence-electron chi connectivity index (χ4n) is 4.08. The molecule has 1 N–H and O–H groups in total. The van der Waals surface area contributed by atoms with Crippen molar-refractivity contribution in [3.05, 3.63) is 0 Å². The van der Waals surface area contributed by atoms with Gasteiger partial charge >= 0.3 is 0 Å². The molecular formula is C16H30O. The van der Waals surface area contributed by atoms with Crippen molar-refractivity contribution < 1.29 is 5.11 Å². The van der Waals surface area contributed by atoms with Gasteiger partial charge in [0.2, 0.25) is 0 Å². The largest absolute Gasteiger partial charge is 0.390 e. The molecule has 1 heteroatoms. The Balaban J connectivity index is 1.84. The van der Waals surface area contributed by atoms with Crippen LogP contribution in [0, 0.1) is 17.8 Å². The van der Waals surface area contributed by atoms with Gasteiger partial charge in [0.05, 0.1) is 5.60 Å².